The van der Waals surface area contributed by atoms with Crippen molar-refractivity contribution in [1.82, 2.24) is 9.97 Å². The molecule has 3 atom stereocenters. The van der Waals surface area contributed by atoms with E-state index in [1.165, 1.54) is 6.42 Å². The highest BCUT2D eigenvalue weighted by atomic mass is 16.1. The summed E-state index contributed by atoms with van der Waals surface area (Å²) >= 11 is 0. The van der Waals surface area contributed by atoms with Crippen LogP contribution in [0.5, 0.6) is 0 Å². The molecule has 21 heavy (non-hydrogen) atoms. The molecule has 4 heteroatoms. The quantitative estimate of drug-likeness (QED) is 0.796. The summed E-state index contributed by atoms with van der Waals surface area (Å²) in [5.41, 5.74) is 2.61. The van der Waals surface area contributed by atoms with Crippen molar-refractivity contribution in [1.29, 1.82) is 0 Å². The molecule has 0 bridgehead atoms. The van der Waals surface area contributed by atoms with Gasteiger partial charge in [-0.15, -0.1) is 0 Å². The van der Waals surface area contributed by atoms with Crippen LogP contribution in [0.15, 0.2) is 0 Å². The van der Waals surface area contributed by atoms with Crippen molar-refractivity contribution in [3.05, 3.63) is 17.0 Å². The van der Waals surface area contributed by atoms with E-state index in [2.05, 4.69) is 30.7 Å². The molecule has 1 fully saturated rings. The first-order valence-corrected chi connectivity index (χ1v) is 8.09. The molecule has 114 valence electrons. The van der Waals surface area contributed by atoms with Gasteiger partial charge in [-0.2, -0.15) is 0 Å². The topological polar surface area (TPSA) is 46.1 Å². The van der Waals surface area contributed by atoms with E-state index in [1.54, 1.807) is 0 Å². The Morgan fingerprint density at radius 2 is 1.67 bits per heavy atom. The molecule has 0 aromatic carbocycles. The molecule has 0 unspecified atom stereocenters. The summed E-state index contributed by atoms with van der Waals surface area (Å²) < 4.78 is 0. The monoisotopic (exact) mass is 287 g/mol. The zero-order valence-electron chi connectivity index (χ0n) is 13.5. The van der Waals surface area contributed by atoms with Crippen LogP contribution in [-0.4, -0.2) is 28.8 Å². The standard InChI is InChI=1S/C17H25N3O/c1-10-6-14-16(15(21)7-10)13(4)18-17(19-14)20-8-11(2)5-12(3)9-20/h10-12H,5-9H2,1-4H3/t10-,11-,12+/m0/s1. The molecule has 2 heterocycles. The molecule has 0 radical (unpaired) electrons. The first-order chi connectivity index (χ1) is 9.94. The van der Waals surface area contributed by atoms with Gasteiger partial charge in [-0.05, 0) is 37.5 Å². The smallest absolute Gasteiger partial charge is 0.225 e. The number of hydrogen-bond acceptors (Lipinski definition) is 4. The Balaban J connectivity index is 1.96. The van der Waals surface area contributed by atoms with Gasteiger partial charge >= 0.3 is 0 Å². The lowest BCUT2D eigenvalue weighted by atomic mass is 9.86. The predicted octanol–water partition coefficient (Wildman–Crippen LogP) is 3.03. The van der Waals surface area contributed by atoms with Crippen LogP contribution >= 0.6 is 0 Å². The fourth-order valence-electron chi connectivity index (χ4n) is 3.92. The molecule has 1 aliphatic heterocycles. The van der Waals surface area contributed by atoms with Crippen LogP contribution in [0.25, 0.3) is 0 Å². The third-order valence-corrected chi connectivity index (χ3v) is 4.66. The molecule has 0 N–H and O–H groups in total. The van der Waals surface area contributed by atoms with Gasteiger partial charge in [0.2, 0.25) is 5.95 Å². The molecular weight excluding hydrogens is 262 g/mol. The third-order valence-electron chi connectivity index (χ3n) is 4.66. The molecule has 2 aliphatic rings. The maximum Gasteiger partial charge on any atom is 0.225 e. The molecule has 1 aromatic rings. The number of carbonyl (C=O) groups is 1. The minimum Gasteiger partial charge on any atom is -0.340 e. The maximum absolute atomic E-state index is 12.2. The SMILES string of the molecule is Cc1nc(N2C[C@H](C)C[C@H](C)C2)nc2c1C(=O)C[C@@H](C)C2. The van der Waals surface area contributed by atoms with E-state index in [4.69, 9.17) is 4.98 Å². The summed E-state index contributed by atoms with van der Waals surface area (Å²) in [6.07, 6.45) is 2.81. The summed E-state index contributed by atoms with van der Waals surface area (Å²) in [5, 5.41) is 0. The lowest BCUT2D eigenvalue weighted by Gasteiger charge is -2.35. The number of aryl methyl sites for hydroxylation is 1. The average molecular weight is 287 g/mol. The Bertz CT molecular complexity index is 559. The largest absolute Gasteiger partial charge is 0.340 e. The summed E-state index contributed by atoms with van der Waals surface area (Å²) in [6, 6.07) is 0. The second-order valence-electron chi connectivity index (χ2n) is 7.22. The van der Waals surface area contributed by atoms with Gasteiger partial charge in [0.1, 0.15) is 0 Å². The molecule has 1 aromatic heterocycles. The summed E-state index contributed by atoms with van der Waals surface area (Å²) in [6.45, 7) is 10.7. The van der Waals surface area contributed by atoms with Crippen molar-refractivity contribution in [2.45, 2.75) is 47.0 Å². The number of piperidine rings is 1. The normalized spacial score (nSPS) is 29.4. The Labute approximate surface area is 127 Å². The van der Waals surface area contributed by atoms with Crippen LogP contribution in [-0.2, 0) is 6.42 Å². The second kappa shape index (κ2) is 5.39. The third kappa shape index (κ3) is 2.81. The minimum absolute atomic E-state index is 0.216. The van der Waals surface area contributed by atoms with Crippen LogP contribution in [0.1, 0.15) is 55.4 Å². The van der Waals surface area contributed by atoms with Gasteiger partial charge in [-0.1, -0.05) is 20.8 Å². The minimum atomic E-state index is 0.216. The van der Waals surface area contributed by atoms with E-state index in [1.807, 2.05) is 6.92 Å². The van der Waals surface area contributed by atoms with Gasteiger partial charge in [-0.25, -0.2) is 9.97 Å². The second-order valence-corrected chi connectivity index (χ2v) is 7.22. The zero-order chi connectivity index (χ0) is 15.1. The number of fused-ring (bicyclic) bond motifs is 1. The Kier molecular flexibility index (Phi) is 3.72. The first kappa shape index (κ1) is 14.5. The van der Waals surface area contributed by atoms with Gasteiger partial charge in [0, 0.05) is 19.5 Å². The molecule has 0 amide bonds. The van der Waals surface area contributed by atoms with Gasteiger partial charge in [0.05, 0.1) is 17.0 Å². The highest BCUT2D eigenvalue weighted by Crippen LogP contribution is 2.29. The highest BCUT2D eigenvalue weighted by Gasteiger charge is 2.29. The summed E-state index contributed by atoms with van der Waals surface area (Å²) in [4.78, 5) is 23.9. The van der Waals surface area contributed by atoms with Crippen molar-refractivity contribution in [2.24, 2.45) is 17.8 Å². The van der Waals surface area contributed by atoms with E-state index in [9.17, 15) is 4.79 Å². The number of rotatable bonds is 1. The van der Waals surface area contributed by atoms with Crippen molar-refractivity contribution in [3.8, 4) is 0 Å². The van der Waals surface area contributed by atoms with Crippen molar-refractivity contribution >= 4 is 11.7 Å². The molecule has 0 spiro atoms. The molecule has 1 saturated heterocycles. The van der Waals surface area contributed by atoms with E-state index in [0.717, 1.165) is 42.4 Å². The number of aromatic nitrogens is 2. The Morgan fingerprint density at radius 1 is 1.00 bits per heavy atom. The number of carbonyl (C=O) groups excluding carboxylic acids is 1. The summed E-state index contributed by atoms with van der Waals surface area (Å²) in [5.74, 6) is 2.79. The van der Waals surface area contributed by atoms with Crippen LogP contribution in [0.4, 0.5) is 5.95 Å². The molecular formula is C17H25N3O. The van der Waals surface area contributed by atoms with E-state index in [0.29, 0.717) is 24.2 Å². The Hall–Kier alpha value is -1.45. The van der Waals surface area contributed by atoms with Crippen molar-refractivity contribution in [2.75, 3.05) is 18.0 Å². The van der Waals surface area contributed by atoms with Crippen LogP contribution in [0, 0.1) is 24.7 Å². The van der Waals surface area contributed by atoms with Crippen LogP contribution in [0.3, 0.4) is 0 Å². The maximum atomic E-state index is 12.2. The number of ketones is 1. The molecule has 3 rings (SSSR count). The lowest BCUT2D eigenvalue weighted by Crippen LogP contribution is -2.40. The zero-order valence-corrected chi connectivity index (χ0v) is 13.5. The predicted molar refractivity (Wildman–Crippen MR) is 83.7 cm³/mol. The van der Waals surface area contributed by atoms with Crippen LogP contribution in [0.2, 0.25) is 0 Å². The molecule has 1 aliphatic carbocycles. The van der Waals surface area contributed by atoms with E-state index in [-0.39, 0.29) is 5.78 Å². The Morgan fingerprint density at radius 3 is 2.33 bits per heavy atom. The van der Waals surface area contributed by atoms with Gasteiger partial charge in [0.15, 0.2) is 5.78 Å². The number of nitrogens with zero attached hydrogens (tertiary/aromatic N) is 3. The molecule has 4 nitrogen and oxygen atoms in total. The van der Waals surface area contributed by atoms with Gasteiger partial charge < -0.3 is 4.90 Å². The average Bonchev–Trinajstić information content (AvgIpc) is 2.35. The highest BCUT2D eigenvalue weighted by molar-refractivity contribution is 5.99. The van der Waals surface area contributed by atoms with Crippen molar-refractivity contribution in [3.63, 3.8) is 0 Å². The molecule has 0 saturated carbocycles. The van der Waals surface area contributed by atoms with Crippen molar-refractivity contribution < 1.29 is 4.79 Å². The van der Waals surface area contributed by atoms with Gasteiger partial charge in [0.25, 0.3) is 0 Å². The number of hydrogen-bond donors (Lipinski definition) is 0. The van der Waals surface area contributed by atoms with E-state index < -0.39 is 0 Å². The lowest BCUT2D eigenvalue weighted by molar-refractivity contribution is 0.0951. The summed E-state index contributed by atoms with van der Waals surface area (Å²) in [7, 11) is 0. The fraction of sp³-hybridized carbons (Fsp3) is 0.706. The van der Waals surface area contributed by atoms with Crippen LogP contribution < -0.4 is 4.90 Å². The first-order valence-electron chi connectivity index (χ1n) is 8.09. The fourth-order valence-corrected chi connectivity index (χ4v) is 3.92. The van der Waals surface area contributed by atoms with E-state index >= 15 is 0 Å². The number of Topliss-reactive ketones (excluding diaryl/α,β-unsaturated/α-hetero) is 1. The van der Waals surface area contributed by atoms with Gasteiger partial charge in [-0.3, -0.25) is 4.79 Å². The number of anilines is 1.